The zero-order valence-corrected chi connectivity index (χ0v) is 15.7. The van der Waals surface area contributed by atoms with Crippen LogP contribution in [0.5, 0.6) is 0 Å². The molecule has 7 heteroatoms. The molecule has 0 aliphatic carbocycles. The molecule has 6 nitrogen and oxygen atoms in total. The van der Waals surface area contributed by atoms with Crippen LogP contribution >= 0.6 is 0 Å². The molecule has 1 heterocycles. The van der Waals surface area contributed by atoms with E-state index in [0.29, 0.717) is 37.6 Å². The molecular weight excluding hydrogens is 352 g/mol. The minimum atomic E-state index is -3.78. The summed E-state index contributed by atoms with van der Waals surface area (Å²) in [5.41, 5.74) is 2.81. The molecule has 138 valence electrons. The summed E-state index contributed by atoms with van der Waals surface area (Å²) < 4.78 is 33.3. The van der Waals surface area contributed by atoms with Gasteiger partial charge in [-0.1, -0.05) is 12.1 Å². The van der Waals surface area contributed by atoms with Crippen LogP contribution in [0.3, 0.4) is 0 Å². The zero-order valence-electron chi connectivity index (χ0n) is 14.9. The summed E-state index contributed by atoms with van der Waals surface area (Å²) in [5.74, 6) is -0.184. The van der Waals surface area contributed by atoms with Gasteiger partial charge in [-0.15, -0.1) is 0 Å². The van der Waals surface area contributed by atoms with E-state index in [1.54, 1.807) is 29.2 Å². The standard InChI is InChI=1S/C19H22N2O4S/c1-14-10-15(2)12-17(11-14)20-26(23,24)18-5-3-4-16(13-18)19(22)21-6-8-25-9-7-21/h3-5,10-13,20H,6-9H2,1-2H3. The van der Waals surface area contributed by atoms with E-state index in [4.69, 9.17) is 4.74 Å². The van der Waals surface area contributed by atoms with Crippen molar-refractivity contribution in [2.45, 2.75) is 18.7 Å². The van der Waals surface area contributed by atoms with Gasteiger partial charge in [-0.25, -0.2) is 8.42 Å². The predicted octanol–water partition coefficient (Wildman–Crippen LogP) is 2.58. The highest BCUT2D eigenvalue weighted by Gasteiger charge is 2.21. The lowest BCUT2D eigenvalue weighted by Gasteiger charge is -2.27. The highest BCUT2D eigenvalue weighted by atomic mass is 32.2. The van der Waals surface area contributed by atoms with Gasteiger partial charge in [0.2, 0.25) is 0 Å². The highest BCUT2D eigenvalue weighted by molar-refractivity contribution is 7.92. The second-order valence-electron chi connectivity index (χ2n) is 6.41. The second-order valence-corrected chi connectivity index (χ2v) is 8.10. The number of morpholine rings is 1. The van der Waals surface area contributed by atoms with Crippen LogP contribution < -0.4 is 4.72 Å². The molecule has 1 N–H and O–H groups in total. The number of benzene rings is 2. The van der Waals surface area contributed by atoms with E-state index in [-0.39, 0.29) is 10.8 Å². The van der Waals surface area contributed by atoms with Gasteiger partial charge in [0, 0.05) is 24.3 Å². The largest absolute Gasteiger partial charge is 0.378 e. The molecule has 1 fully saturated rings. The lowest BCUT2D eigenvalue weighted by atomic mass is 10.1. The number of aryl methyl sites for hydroxylation is 2. The van der Waals surface area contributed by atoms with Gasteiger partial charge in [0.25, 0.3) is 15.9 Å². The van der Waals surface area contributed by atoms with Crippen LogP contribution in [0.1, 0.15) is 21.5 Å². The number of amides is 1. The first kappa shape index (κ1) is 18.4. The van der Waals surface area contributed by atoms with Crippen LogP contribution in [0.15, 0.2) is 47.4 Å². The zero-order chi connectivity index (χ0) is 18.7. The van der Waals surface area contributed by atoms with Gasteiger partial charge >= 0.3 is 0 Å². The summed E-state index contributed by atoms with van der Waals surface area (Å²) in [6.45, 7) is 5.84. The van der Waals surface area contributed by atoms with Gasteiger partial charge < -0.3 is 9.64 Å². The number of sulfonamides is 1. The Morgan fingerprint density at radius 2 is 1.69 bits per heavy atom. The minimum absolute atomic E-state index is 0.0655. The molecular formula is C19H22N2O4S. The Hall–Kier alpha value is -2.38. The Labute approximate surface area is 153 Å². The number of carbonyl (C=O) groups is 1. The fourth-order valence-electron chi connectivity index (χ4n) is 2.99. The molecule has 0 radical (unpaired) electrons. The van der Waals surface area contributed by atoms with Crippen LogP contribution in [0.2, 0.25) is 0 Å². The maximum atomic E-state index is 12.7. The van der Waals surface area contributed by atoms with Gasteiger partial charge in [0.1, 0.15) is 0 Å². The number of ether oxygens (including phenoxy) is 1. The van der Waals surface area contributed by atoms with Crippen molar-refractivity contribution in [3.05, 3.63) is 59.2 Å². The molecule has 0 aromatic heterocycles. The topological polar surface area (TPSA) is 75.7 Å². The Balaban J connectivity index is 1.85. The third kappa shape index (κ3) is 4.23. The van der Waals surface area contributed by atoms with E-state index in [9.17, 15) is 13.2 Å². The molecule has 2 aromatic rings. The highest BCUT2D eigenvalue weighted by Crippen LogP contribution is 2.20. The fraction of sp³-hybridized carbons (Fsp3) is 0.316. The number of nitrogens with one attached hydrogen (secondary N) is 1. The summed E-state index contributed by atoms with van der Waals surface area (Å²) in [5, 5.41) is 0. The monoisotopic (exact) mass is 374 g/mol. The first-order valence-electron chi connectivity index (χ1n) is 8.43. The van der Waals surface area contributed by atoms with Gasteiger partial charge in [0.15, 0.2) is 0 Å². The quantitative estimate of drug-likeness (QED) is 0.892. The van der Waals surface area contributed by atoms with Crippen LogP contribution in [0.25, 0.3) is 0 Å². The van der Waals surface area contributed by atoms with Crippen molar-refractivity contribution >= 4 is 21.6 Å². The maximum absolute atomic E-state index is 12.7. The van der Waals surface area contributed by atoms with Crippen molar-refractivity contribution in [2.75, 3.05) is 31.0 Å². The molecule has 1 amide bonds. The molecule has 3 rings (SSSR count). The predicted molar refractivity (Wildman–Crippen MR) is 99.9 cm³/mol. The molecule has 26 heavy (non-hydrogen) atoms. The van der Waals surface area contributed by atoms with E-state index in [2.05, 4.69) is 4.72 Å². The van der Waals surface area contributed by atoms with Crippen molar-refractivity contribution in [1.29, 1.82) is 0 Å². The second kappa shape index (κ2) is 7.47. The molecule has 2 aromatic carbocycles. The smallest absolute Gasteiger partial charge is 0.261 e. The number of carbonyl (C=O) groups excluding carboxylic acids is 1. The van der Waals surface area contributed by atoms with Gasteiger partial charge in [-0.3, -0.25) is 9.52 Å². The molecule has 0 spiro atoms. The van der Waals surface area contributed by atoms with Gasteiger partial charge in [0.05, 0.1) is 18.1 Å². The van der Waals surface area contributed by atoms with Gasteiger partial charge in [-0.2, -0.15) is 0 Å². The Kier molecular flexibility index (Phi) is 5.29. The van der Waals surface area contributed by atoms with Crippen molar-refractivity contribution in [2.24, 2.45) is 0 Å². The van der Waals surface area contributed by atoms with Crippen LogP contribution in [-0.2, 0) is 14.8 Å². The minimum Gasteiger partial charge on any atom is -0.378 e. The molecule has 0 saturated carbocycles. The van der Waals surface area contributed by atoms with Crippen molar-refractivity contribution in [3.8, 4) is 0 Å². The maximum Gasteiger partial charge on any atom is 0.261 e. The Bertz CT molecular complexity index is 899. The number of hydrogen-bond donors (Lipinski definition) is 1. The van der Waals surface area contributed by atoms with E-state index in [1.165, 1.54) is 12.1 Å². The molecule has 0 bridgehead atoms. The summed E-state index contributed by atoms with van der Waals surface area (Å²) in [7, 11) is -3.78. The number of hydrogen-bond acceptors (Lipinski definition) is 4. The van der Waals surface area contributed by atoms with Crippen LogP contribution in [0.4, 0.5) is 5.69 Å². The molecule has 1 aliphatic heterocycles. The molecule has 0 unspecified atom stereocenters. The van der Waals surface area contributed by atoms with Gasteiger partial charge in [-0.05, 0) is 55.3 Å². The van der Waals surface area contributed by atoms with Crippen LogP contribution in [-0.4, -0.2) is 45.5 Å². The molecule has 1 aliphatic rings. The first-order valence-corrected chi connectivity index (χ1v) is 9.92. The normalized spacial score (nSPS) is 14.9. The molecule has 1 saturated heterocycles. The van der Waals surface area contributed by atoms with E-state index in [1.807, 2.05) is 19.9 Å². The Morgan fingerprint density at radius 1 is 1.04 bits per heavy atom. The van der Waals surface area contributed by atoms with Crippen LogP contribution in [0, 0.1) is 13.8 Å². The lowest BCUT2D eigenvalue weighted by molar-refractivity contribution is 0.0302. The summed E-state index contributed by atoms with van der Waals surface area (Å²) >= 11 is 0. The third-order valence-corrected chi connectivity index (χ3v) is 5.54. The number of nitrogens with zero attached hydrogens (tertiary/aromatic N) is 1. The SMILES string of the molecule is Cc1cc(C)cc(NS(=O)(=O)c2cccc(C(=O)N3CCOCC3)c2)c1. The fourth-order valence-corrected chi connectivity index (χ4v) is 4.08. The van der Waals surface area contributed by atoms with E-state index < -0.39 is 10.0 Å². The van der Waals surface area contributed by atoms with Crippen molar-refractivity contribution in [1.82, 2.24) is 4.90 Å². The first-order chi connectivity index (χ1) is 12.3. The number of rotatable bonds is 4. The van der Waals surface area contributed by atoms with Crippen molar-refractivity contribution < 1.29 is 17.9 Å². The van der Waals surface area contributed by atoms with Crippen molar-refractivity contribution in [3.63, 3.8) is 0 Å². The van der Waals surface area contributed by atoms with E-state index in [0.717, 1.165) is 11.1 Å². The Morgan fingerprint density at radius 3 is 2.35 bits per heavy atom. The summed E-state index contributed by atoms with van der Waals surface area (Å²) in [6.07, 6.45) is 0. The lowest BCUT2D eigenvalue weighted by Crippen LogP contribution is -2.40. The number of anilines is 1. The average Bonchev–Trinajstić information content (AvgIpc) is 2.60. The average molecular weight is 374 g/mol. The molecule has 0 atom stereocenters. The van der Waals surface area contributed by atoms with E-state index >= 15 is 0 Å². The summed E-state index contributed by atoms with van der Waals surface area (Å²) in [4.78, 5) is 14.3. The summed E-state index contributed by atoms with van der Waals surface area (Å²) in [6, 6.07) is 11.6. The third-order valence-electron chi connectivity index (χ3n) is 4.16.